The summed E-state index contributed by atoms with van der Waals surface area (Å²) < 4.78 is 38.9. The minimum atomic E-state index is -4.87. The maximum Gasteiger partial charge on any atom is 0.574 e. The van der Waals surface area contributed by atoms with Gasteiger partial charge in [0.2, 0.25) is 5.88 Å². The molecule has 0 unspecified atom stereocenters. The van der Waals surface area contributed by atoms with Gasteiger partial charge >= 0.3 is 6.36 Å². The minimum absolute atomic E-state index is 0.147. The number of pyridine rings is 1. The van der Waals surface area contributed by atoms with Gasteiger partial charge in [-0.15, -0.1) is 13.2 Å². The molecule has 0 fully saturated rings. The topological polar surface area (TPSA) is 39.2 Å². The van der Waals surface area contributed by atoms with Crippen LogP contribution >= 0.6 is 27.5 Å². The Morgan fingerprint density at radius 1 is 1.53 bits per heavy atom. The SMILES string of the molecule is O=C(Cl)c1ccnc(OC(F)(F)F)c1Br. The van der Waals surface area contributed by atoms with Crippen molar-refractivity contribution in [3.05, 3.63) is 22.3 Å². The van der Waals surface area contributed by atoms with E-state index in [4.69, 9.17) is 11.6 Å². The van der Waals surface area contributed by atoms with Gasteiger partial charge in [0.25, 0.3) is 5.24 Å². The monoisotopic (exact) mass is 303 g/mol. The van der Waals surface area contributed by atoms with Crippen LogP contribution in [0.2, 0.25) is 0 Å². The van der Waals surface area contributed by atoms with Gasteiger partial charge in [-0.2, -0.15) is 0 Å². The molecule has 0 saturated carbocycles. The molecule has 1 aromatic rings. The van der Waals surface area contributed by atoms with Crippen LogP contribution in [0.3, 0.4) is 0 Å². The predicted octanol–water partition coefficient (Wildman–Crippen LogP) is 3.12. The summed E-state index contributed by atoms with van der Waals surface area (Å²) in [6.07, 6.45) is -3.88. The van der Waals surface area contributed by atoms with Crippen LogP contribution in [0.5, 0.6) is 5.88 Å². The first-order valence-corrected chi connectivity index (χ1v) is 4.58. The lowest BCUT2D eigenvalue weighted by Gasteiger charge is -2.09. The Labute approximate surface area is 95.3 Å². The van der Waals surface area contributed by atoms with Crippen molar-refractivity contribution < 1.29 is 22.7 Å². The number of nitrogens with zero attached hydrogens (tertiary/aromatic N) is 1. The van der Waals surface area contributed by atoms with Gasteiger partial charge in [0.05, 0.1) is 10.0 Å². The third-order valence-electron chi connectivity index (χ3n) is 1.28. The number of halogens is 5. The fourth-order valence-corrected chi connectivity index (χ4v) is 1.52. The fourth-order valence-electron chi connectivity index (χ4n) is 0.757. The molecule has 8 heteroatoms. The maximum absolute atomic E-state index is 11.9. The van der Waals surface area contributed by atoms with E-state index in [1.165, 1.54) is 6.07 Å². The molecule has 3 nitrogen and oxygen atoms in total. The molecule has 0 amide bonds. The van der Waals surface area contributed by atoms with Crippen molar-refractivity contribution in [2.45, 2.75) is 6.36 Å². The zero-order valence-corrected chi connectivity index (χ0v) is 9.15. The zero-order chi connectivity index (χ0) is 11.6. The van der Waals surface area contributed by atoms with Crippen molar-refractivity contribution >= 4 is 32.8 Å². The number of alkyl halides is 3. The van der Waals surface area contributed by atoms with Gasteiger partial charge in [-0.1, -0.05) is 0 Å². The number of hydrogen-bond donors (Lipinski definition) is 0. The van der Waals surface area contributed by atoms with Crippen LogP contribution in [0, 0.1) is 0 Å². The van der Waals surface area contributed by atoms with Crippen LogP contribution in [0.15, 0.2) is 16.7 Å². The predicted molar refractivity (Wildman–Crippen MR) is 48.8 cm³/mol. The summed E-state index contributed by atoms with van der Waals surface area (Å²) in [5.74, 6) is -0.756. The van der Waals surface area contributed by atoms with Gasteiger partial charge in [-0.25, -0.2) is 4.98 Å². The van der Waals surface area contributed by atoms with Crippen LogP contribution in [-0.4, -0.2) is 16.6 Å². The van der Waals surface area contributed by atoms with Crippen molar-refractivity contribution in [3.63, 3.8) is 0 Å². The highest BCUT2D eigenvalue weighted by molar-refractivity contribution is 9.10. The van der Waals surface area contributed by atoms with Gasteiger partial charge in [-0.05, 0) is 33.6 Å². The summed E-state index contributed by atoms with van der Waals surface area (Å²) in [4.78, 5) is 14.1. The molecule has 15 heavy (non-hydrogen) atoms. The molecule has 1 aromatic heterocycles. The average molecular weight is 304 g/mol. The van der Waals surface area contributed by atoms with Gasteiger partial charge in [0.15, 0.2) is 0 Å². The quantitative estimate of drug-likeness (QED) is 0.788. The molecule has 0 aliphatic rings. The third kappa shape index (κ3) is 3.35. The lowest BCUT2D eigenvalue weighted by molar-refractivity contribution is -0.276. The number of carbonyl (C=O) groups excluding carboxylic acids is 1. The first-order chi connectivity index (χ1) is 6.81. The molecule has 0 N–H and O–H groups in total. The Bertz CT molecular complexity index is 396. The third-order valence-corrected chi connectivity index (χ3v) is 2.25. The molecule has 0 spiro atoms. The Balaban J connectivity index is 3.10. The van der Waals surface area contributed by atoms with E-state index in [0.29, 0.717) is 0 Å². The number of aromatic nitrogens is 1. The van der Waals surface area contributed by atoms with Crippen LogP contribution in [-0.2, 0) is 0 Å². The van der Waals surface area contributed by atoms with Crippen molar-refractivity contribution in [3.8, 4) is 5.88 Å². The normalized spacial score (nSPS) is 11.3. The van der Waals surface area contributed by atoms with Crippen molar-refractivity contribution in [1.82, 2.24) is 4.98 Å². The van der Waals surface area contributed by atoms with Crippen LogP contribution in [0.25, 0.3) is 0 Å². The highest BCUT2D eigenvalue weighted by atomic mass is 79.9. The van der Waals surface area contributed by atoms with Crippen molar-refractivity contribution in [1.29, 1.82) is 0 Å². The first-order valence-electron chi connectivity index (χ1n) is 3.41. The van der Waals surface area contributed by atoms with E-state index in [1.54, 1.807) is 0 Å². The molecule has 0 atom stereocenters. The summed E-state index contributed by atoms with van der Waals surface area (Å²) in [7, 11) is 0. The van der Waals surface area contributed by atoms with E-state index in [-0.39, 0.29) is 10.0 Å². The molecule has 1 heterocycles. The van der Waals surface area contributed by atoms with Gasteiger partial charge in [0.1, 0.15) is 0 Å². The van der Waals surface area contributed by atoms with Crippen molar-refractivity contribution in [2.75, 3.05) is 0 Å². The molecule has 82 valence electrons. The van der Waals surface area contributed by atoms with E-state index in [9.17, 15) is 18.0 Å². The maximum atomic E-state index is 11.9. The first kappa shape index (κ1) is 12.3. The van der Waals surface area contributed by atoms with E-state index in [2.05, 4.69) is 25.7 Å². The number of rotatable bonds is 2. The summed E-state index contributed by atoms with van der Waals surface area (Å²) in [6, 6.07) is 1.17. The van der Waals surface area contributed by atoms with Gasteiger partial charge in [-0.3, -0.25) is 4.79 Å². The smallest absolute Gasteiger partial charge is 0.387 e. The summed E-state index contributed by atoms with van der Waals surface area (Å²) >= 11 is 7.86. The minimum Gasteiger partial charge on any atom is -0.387 e. The molecule has 0 aromatic carbocycles. The molecular weight excluding hydrogens is 302 g/mol. The van der Waals surface area contributed by atoms with Gasteiger partial charge < -0.3 is 4.74 Å². The largest absolute Gasteiger partial charge is 0.574 e. The molecule has 0 aliphatic heterocycles. The van der Waals surface area contributed by atoms with Gasteiger partial charge in [0, 0.05) is 6.20 Å². The highest BCUT2D eigenvalue weighted by Crippen LogP contribution is 2.31. The summed E-state index contributed by atoms with van der Waals surface area (Å²) in [5, 5.41) is -0.906. The van der Waals surface area contributed by atoms with E-state index >= 15 is 0 Å². The lowest BCUT2D eigenvalue weighted by atomic mass is 10.3. The zero-order valence-electron chi connectivity index (χ0n) is 6.81. The number of ether oxygens (including phenoxy) is 1. The molecule has 0 bridgehead atoms. The Hall–Kier alpha value is -0.820. The van der Waals surface area contributed by atoms with E-state index in [1.807, 2.05) is 0 Å². The van der Waals surface area contributed by atoms with Crippen LogP contribution in [0.1, 0.15) is 10.4 Å². The van der Waals surface area contributed by atoms with E-state index < -0.39 is 17.5 Å². The molecule has 0 radical (unpaired) electrons. The van der Waals surface area contributed by atoms with E-state index in [0.717, 1.165) is 6.20 Å². The Morgan fingerprint density at radius 2 is 2.13 bits per heavy atom. The molecule has 0 aliphatic carbocycles. The average Bonchev–Trinajstić information content (AvgIpc) is 2.05. The number of hydrogen-bond acceptors (Lipinski definition) is 3. The lowest BCUT2D eigenvalue weighted by Crippen LogP contribution is -2.18. The fraction of sp³-hybridized carbons (Fsp3) is 0.143. The molecule has 1 rings (SSSR count). The Morgan fingerprint density at radius 3 is 2.60 bits per heavy atom. The molecule has 0 saturated heterocycles. The number of carbonyl (C=O) groups is 1. The molecular formula is C7H2BrClF3NO2. The summed E-state index contributed by atoms with van der Waals surface area (Å²) in [5.41, 5.74) is -0.147. The second-order valence-electron chi connectivity index (χ2n) is 2.30. The Kier molecular flexibility index (Phi) is 3.56. The van der Waals surface area contributed by atoms with Crippen LogP contribution in [0.4, 0.5) is 13.2 Å². The highest BCUT2D eigenvalue weighted by Gasteiger charge is 2.33. The van der Waals surface area contributed by atoms with Crippen molar-refractivity contribution in [2.24, 2.45) is 0 Å². The second-order valence-corrected chi connectivity index (χ2v) is 3.44. The second kappa shape index (κ2) is 4.36. The van der Waals surface area contributed by atoms with Crippen LogP contribution < -0.4 is 4.74 Å². The standard InChI is InChI=1S/C7H2BrClF3NO2/c8-4-3(5(9)14)1-2-13-6(4)15-7(10,11)12/h1-2H. The summed E-state index contributed by atoms with van der Waals surface area (Å²) in [6.45, 7) is 0.